The molecule has 19 heavy (non-hydrogen) atoms. The van der Waals surface area contributed by atoms with E-state index in [-0.39, 0.29) is 11.7 Å². The summed E-state index contributed by atoms with van der Waals surface area (Å²) in [5.41, 5.74) is -0.828. The number of rotatable bonds is 8. The number of esters is 1. The molecule has 0 unspecified atom stereocenters. The molecular weight excluding hydrogens is 270 g/mol. The Bertz CT molecular complexity index is 416. The summed E-state index contributed by atoms with van der Waals surface area (Å²) in [6.07, 6.45) is 1.62. The predicted molar refractivity (Wildman–Crippen MR) is 74.7 cm³/mol. The molecule has 0 rings (SSSR count). The van der Waals surface area contributed by atoms with E-state index >= 15 is 0 Å². The van der Waals surface area contributed by atoms with Gasteiger partial charge in [0, 0.05) is 14.1 Å². The minimum absolute atomic E-state index is 0.0679. The molecule has 0 bridgehead atoms. The second-order valence-corrected chi connectivity index (χ2v) is 6.65. The maximum Gasteiger partial charge on any atom is 0.325 e. The number of carbonyl (C=O) groups is 1. The van der Waals surface area contributed by atoms with Crippen LogP contribution in [0, 0.1) is 0 Å². The fourth-order valence-corrected chi connectivity index (χ4v) is 2.15. The lowest BCUT2D eigenvalue weighted by atomic mass is 10.1. The number of carbonyl (C=O) groups excluding carboxylic acids is 1. The van der Waals surface area contributed by atoms with Crippen LogP contribution in [-0.4, -0.2) is 64.7 Å². The van der Waals surface area contributed by atoms with E-state index < -0.39 is 15.6 Å². The molecule has 0 atom stereocenters. The lowest BCUT2D eigenvalue weighted by Crippen LogP contribution is -2.48. The van der Waals surface area contributed by atoms with E-state index in [4.69, 9.17) is 0 Å². The van der Waals surface area contributed by atoms with Gasteiger partial charge in [0.1, 0.15) is 11.9 Å². The third-order valence-electron chi connectivity index (χ3n) is 2.28. The van der Waals surface area contributed by atoms with Gasteiger partial charge in [-0.05, 0) is 26.8 Å². The largest absolute Gasteiger partial charge is 0.468 e. The second kappa shape index (κ2) is 7.44. The summed E-state index contributed by atoms with van der Waals surface area (Å²) in [7, 11) is 1.25. The lowest BCUT2D eigenvalue weighted by molar-refractivity contribution is -0.147. The van der Waals surface area contributed by atoms with Gasteiger partial charge in [-0.25, -0.2) is 8.42 Å². The van der Waals surface area contributed by atoms with Crippen LogP contribution in [0.1, 0.15) is 20.3 Å². The van der Waals surface area contributed by atoms with Crippen molar-refractivity contribution in [3.05, 3.63) is 0 Å². The van der Waals surface area contributed by atoms with Crippen LogP contribution in [0.25, 0.3) is 0 Å². The number of ether oxygens (including phenoxy) is 1. The first-order valence-corrected chi connectivity index (χ1v) is 7.49. The van der Waals surface area contributed by atoms with Crippen molar-refractivity contribution in [2.24, 2.45) is 4.40 Å². The van der Waals surface area contributed by atoms with Gasteiger partial charge < -0.3 is 15.0 Å². The first-order valence-electron chi connectivity index (χ1n) is 5.89. The van der Waals surface area contributed by atoms with Crippen LogP contribution >= 0.6 is 0 Å². The number of hydrogen-bond donors (Lipinski definition) is 1. The summed E-state index contributed by atoms with van der Waals surface area (Å²) in [6.45, 7) is 3.74. The molecule has 0 amide bonds. The Balaban J connectivity index is 4.15. The Kier molecular flexibility index (Phi) is 6.99. The standard InChI is InChI=1S/C11H23N3O4S/c1-11(2,10(15)18-5)12-7-6-8-19(16,17)13-9-14(3)4/h9,12H,6-8H2,1-5H3/b13-9+. The van der Waals surface area contributed by atoms with Crippen LogP contribution in [0.5, 0.6) is 0 Å². The Morgan fingerprint density at radius 2 is 2.00 bits per heavy atom. The fourth-order valence-electron chi connectivity index (χ4n) is 1.20. The van der Waals surface area contributed by atoms with Crippen LogP contribution < -0.4 is 5.32 Å². The van der Waals surface area contributed by atoms with E-state index in [9.17, 15) is 13.2 Å². The quantitative estimate of drug-likeness (QED) is 0.289. The molecule has 112 valence electrons. The van der Waals surface area contributed by atoms with Gasteiger partial charge in [0.15, 0.2) is 0 Å². The number of hydrogen-bond acceptors (Lipinski definition) is 5. The van der Waals surface area contributed by atoms with Gasteiger partial charge >= 0.3 is 5.97 Å². The van der Waals surface area contributed by atoms with E-state index in [2.05, 4.69) is 14.5 Å². The van der Waals surface area contributed by atoms with Crippen LogP contribution in [-0.2, 0) is 19.6 Å². The van der Waals surface area contributed by atoms with Crippen LogP contribution in [0.4, 0.5) is 0 Å². The molecule has 0 spiro atoms. The average Bonchev–Trinajstić information content (AvgIpc) is 2.31. The first kappa shape index (κ1) is 17.8. The Morgan fingerprint density at radius 1 is 1.42 bits per heavy atom. The topological polar surface area (TPSA) is 88.1 Å². The predicted octanol–water partition coefficient (Wildman–Crippen LogP) is -0.163. The van der Waals surface area contributed by atoms with Gasteiger partial charge in [0.05, 0.1) is 12.9 Å². The third-order valence-corrected chi connectivity index (χ3v) is 3.50. The Hall–Kier alpha value is -1.15. The van der Waals surface area contributed by atoms with Crippen molar-refractivity contribution in [2.45, 2.75) is 25.8 Å². The molecule has 0 aliphatic rings. The van der Waals surface area contributed by atoms with E-state index in [0.29, 0.717) is 13.0 Å². The van der Waals surface area contributed by atoms with Gasteiger partial charge in [-0.2, -0.15) is 4.40 Å². The van der Waals surface area contributed by atoms with Gasteiger partial charge in [0.25, 0.3) is 10.0 Å². The highest BCUT2D eigenvalue weighted by Crippen LogP contribution is 2.04. The molecule has 0 fully saturated rings. The molecule has 8 heteroatoms. The van der Waals surface area contributed by atoms with Crippen molar-refractivity contribution in [3.63, 3.8) is 0 Å². The molecule has 0 aliphatic carbocycles. The maximum atomic E-state index is 11.5. The fraction of sp³-hybridized carbons (Fsp3) is 0.818. The second-order valence-electron chi connectivity index (χ2n) is 4.87. The molecule has 0 heterocycles. The van der Waals surface area contributed by atoms with Gasteiger partial charge in [-0.3, -0.25) is 4.79 Å². The van der Waals surface area contributed by atoms with Crippen molar-refractivity contribution in [2.75, 3.05) is 33.5 Å². The van der Waals surface area contributed by atoms with Gasteiger partial charge in [-0.1, -0.05) is 0 Å². The Labute approximate surface area is 115 Å². The van der Waals surface area contributed by atoms with Gasteiger partial charge in [0.2, 0.25) is 0 Å². The minimum atomic E-state index is -3.45. The zero-order chi connectivity index (χ0) is 15.1. The summed E-state index contributed by atoms with van der Waals surface area (Å²) in [4.78, 5) is 12.9. The summed E-state index contributed by atoms with van der Waals surface area (Å²) >= 11 is 0. The summed E-state index contributed by atoms with van der Waals surface area (Å²) in [5.74, 6) is -0.456. The van der Waals surface area contributed by atoms with Crippen molar-refractivity contribution >= 4 is 22.3 Å². The molecule has 1 N–H and O–H groups in total. The van der Waals surface area contributed by atoms with E-state index in [1.54, 1.807) is 32.8 Å². The number of nitrogens with one attached hydrogen (secondary N) is 1. The molecule has 0 aromatic rings. The third kappa shape index (κ3) is 7.78. The zero-order valence-electron chi connectivity index (χ0n) is 12.1. The van der Waals surface area contributed by atoms with Crippen LogP contribution in [0.2, 0.25) is 0 Å². The molecule has 0 aliphatic heterocycles. The Morgan fingerprint density at radius 3 is 2.47 bits per heavy atom. The number of methoxy groups -OCH3 is 1. The van der Waals surface area contributed by atoms with Crippen molar-refractivity contribution in [1.82, 2.24) is 10.2 Å². The maximum absolute atomic E-state index is 11.5. The highest BCUT2D eigenvalue weighted by atomic mass is 32.2. The van der Waals surface area contributed by atoms with Crippen molar-refractivity contribution in [3.8, 4) is 0 Å². The molecule has 7 nitrogen and oxygen atoms in total. The zero-order valence-corrected chi connectivity index (χ0v) is 13.0. The van der Waals surface area contributed by atoms with Crippen LogP contribution in [0.3, 0.4) is 0 Å². The lowest BCUT2D eigenvalue weighted by Gasteiger charge is -2.22. The van der Waals surface area contributed by atoms with Crippen molar-refractivity contribution < 1.29 is 17.9 Å². The van der Waals surface area contributed by atoms with E-state index in [1.165, 1.54) is 13.4 Å². The minimum Gasteiger partial charge on any atom is -0.468 e. The van der Waals surface area contributed by atoms with Crippen LogP contribution in [0.15, 0.2) is 4.40 Å². The number of nitrogens with zero attached hydrogens (tertiary/aromatic N) is 2. The normalized spacial score (nSPS) is 12.7. The average molecular weight is 293 g/mol. The molecular formula is C11H23N3O4S. The van der Waals surface area contributed by atoms with E-state index in [0.717, 1.165) is 0 Å². The van der Waals surface area contributed by atoms with Crippen molar-refractivity contribution in [1.29, 1.82) is 0 Å². The summed E-state index contributed by atoms with van der Waals surface area (Å²) in [5, 5.41) is 2.95. The summed E-state index contributed by atoms with van der Waals surface area (Å²) in [6, 6.07) is 0. The SMILES string of the molecule is COC(=O)C(C)(C)NCCCS(=O)(=O)/N=C/N(C)C. The molecule has 0 aromatic heterocycles. The monoisotopic (exact) mass is 293 g/mol. The molecule has 0 saturated heterocycles. The summed E-state index contributed by atoms with van der Waals surface area (Å²) < 4.78 is 31.1. The number of sulfonamides is 1. The molecule has 0 radical (unpaired) electrons. The first-order chi connectivity index (χ1) is 8.60. The smallest absolute Gasteiger partial charge is 0.325 e. The highest BCUT2D eigenvalue weighted by molar-refractivity contribution is 7.90. The molecule has 0 aromatic carbocycles. The highest BCUT2D eigenvalue weighted by Gasteiger charge is 2.27. The molecule has 0 saturated carbocycles. The van der Waals surface area contributed by atoms with E-state index in [1.807, 2.05) is 0 Å². The van der Waals surface area contributed by atoms with Gasteiger partial charge in [-0.15, -0.1) is 0 Å².